The van der Waals surface area contributed by atoms with E-state index in [1.807, 2.05) is 62.3 Å². The quantitative estimate of drug-likeness (QED) is 0.0569. The summed E-state index contributed by atoms with van der Waals surface area (Å²) in [5, 5.41) is 29.2. The zero-order valence-corrected chi connectivity index (χ0v) is 50.2. The molecule has 0 amide bonds. The summed E-state index contributed by atoms with van der Waals surface area (Å²) in [6.07, 6.45) is 0.193. The topological polar surface area (TPSA) is 234 Å². The number of phenolic OH excluding ortho intramolecular Hbond substituents is 1. The van der Waals surface area contributed by atoms with E-state index in [4.69, 9.17) is 54.6 Å². The Bertz CT molecular complexity index is 3140. The molecule has 444 valence electrons. The first kappa shape index (κ1) is 68.0. The van der Waals surface area contributed by atoms with Crippen LogP contribution in [0.25, 0.3) is 11.3 Å². The van der Waals surface area contributed by atoms with E-state index >= 15 is 0 Å². The van der Waals surface area contributed by atoms with Crippen molar-refractivity contribution in [3.8, 4) is 63.0 Å². The number of halogens is 2. The second kappa shape index (κ2) is 30.0. The van der Waals surface area contributed by atoms with E-state index in [0.717, 1.165) is 0 Å². The molecule has 0 aliphatic rings. The predicted molar refractivity (Wildman–Crippen MR) is 309 cm³/mol. The lowest BCUT2D eigenvalue weighted by Gasteiger charge is -2.24. The Balaban J connectivity index is 0.000000319. The monoisotopic (exact) mass is 1160 g/mol. The molecule has 0 aliphatic heterocycles. The van der Waals surface area contributed by atoms with Crippen molar-refractivity contribution < 1.29 is 86.3 Å². The molecule has 0 aliphatic carbocycles. The summed E-state index contributed by atoms with van der Waals surface area (Å²) in [4.78, 5) is 50.7. The zero-order chi connectivity index (χ0) is 61.9. The van der Waals surface area contributed by atoms with Crippen LogP contribution in [-0.2, 0) is 15.1 Å². The van der Waals surface area contributed by atoms with E-state index in [2.05, 4.69) is 14.5 Å². The number of esters is 2. The molecule has 0 bridgehead atoms. The molecule has 1 heterocycles. The number of ketones is 1. The van der Waals surface area contributed by atoms with Gasteiger partial charge in [0, 0.05) is 17.5 Å². The number of ether oxygens (including phenoxy) is 10. The number of rotatable bonds is 17. The van der Waals surface area contributed by atoms with Crippen LogP contribution in [0.3, 0.4) is 0 Å². The highest BCUT2D eigenvalue weighted by Gasteiger charge is 2.28. The summed E-state index contributed by atoms with van der Waals surface area (Å²) in [5.41, 5.74) is 0.199. The molecule has 0 radical (unpaired) electrons. The Labute approximate surface area is 483 Å². The van der Waals surface area contributed by atoms with E-state index in [1.54, 1.807) is 61.5 Å². The molecule has 0 fully saturated rings. The van der Waals surface area contributed by atoms with Gasteiger partial charge in [0.1, 0.15) is 39.7 Å². The molecular weight excluding hydrogens is 1090 g/mol. The van der Waals surface area contributed by atoms with Crippen LogP contribution >= 0.6 is 11.6 Å². The van der Waals surface area contributed by atoms with Gasteiger partial charge in [0.15, 0.2) is 51.8 Å². The number of carbonyl (C=O) groups is 4. The van der Waals surface area contributed by atoms with Crippen LogP contribution in [0, 0.1) is 5.82 Å². The van der Waals surface area contributed by atoms with Gasteiger partial charge in [-0.3, -0.25) is 4.79 Å². The van der Waals surface area contributed by atoms with Gasteiger partial charge in [-0.05, 0) is 179 Å². The van der Waals surface area contributed by atoms with Gasteiger partial charge in [0.2, 0.25) is 0 Å². The molecule has 5 aromatic carbocycles. The smallest absolute Gasteiger partial charge is 0.337 e. The summed E-state index contributed by atoms with van der Waals surface area (Å²) < 4.78 is 66.0. The highest BCUT2D eigenvalue weighted by molar-refractivity contribution is 6.31. The standard InChI is InChI=1S/C28H31ClFNO5.C13H18O4.C12H16O4.C9H10O4/c1-27(2,3)36-22-10-8-17(16-24(22)35-6)21(32)13-14-28(4,33)25-12-11-23(34-5)26(31-25)18-7-9-20(30)19(29)15-18;1-13(2,3)17-10-7-6-9(12(14)16-5)8-11(10)15-4;1-12(2,3)16-9-6-5-8(11(13)14)7-10(9)15-4;1-12-8-5-6(9(11)13-2)3-4-7(8)10/h7-12,15-16,33H,13-14H2,1-6H3;6-8H,1-5H3;5-7H,1-4H3,(H,13,14);3-5,10H,1-2H3. The first-order valence-electron chi connectivity index (χ1n) is 25.4. The number of Topliss-reactive ketones (excluding diaryl/α,β-unsaturated/α-hetero) is 1. The molecule has 1 atom stereocenters. The van der Waals surface area contributed by atoms with Gasteiger partial charge in [-0.25, -0.2) is 23.8 Å². The molecule has 1 aromatic heterocycles. The minimum Gasteiger partial charge on any atom is -0.504 e. The molecule has 0 saturated heterocycles. The maximum atomic E-state index is 13.7. The third-order valence-electron chi connectivity index (χ3n) is 11.0. The van der Waals surface area contributed by atoms with E-state index in [-0.39, 0.29) is 51.9 Å². The first-order valence-corrected chi connectivity index (χ1v) is 25.8. The van der Waals surface area contributed by atoms with Gasteiger partial charge < -0.3 is 62.7 Å². The minimum atomic E-state index is -1.42. The van der Waals surface area contributed by atoms with Crippen molar-refractivity contribution in [1.29, 1.82) is 0 Å². The number of hydrogen-bond donors (Lipinski definition) is 3. The number of phenols is 1. The lowest BCUT2D eigenvalue weighted by molar-refractivity contribution is 0.0397. The largest absolute Gasteiger partial charge is 0.504 e. The average molecular weight is 1160 g/mol. The Morgan fingerprint density at radius 2 is 0.890 bits per heavy atom. The summed E-state index contributed by atoms with van der Waals surface area (Å²) in [6.45, 7) is 19.0. The second-order valence-electron chi connectivity index (χ2n) is 21.0. The van der Waals surface area contributed by atoms with Crippen molar-refractivity contribution in [3.05, 3.63) is 142 Å². The van der Waals surface area contributed by atoms with E-state index < -0.39 is 34.9 Å². The van der Waals surface area contributed by atoms with Gasteiger partial charge in [-0.15, -0.1) is 0 Å². The number of pyridine rings is 1. The highest BCUT2D eigenvalue weighted by atomic mass is 35.5. The lowest BCUT2D eigenvalue weighted by atomic mass is 9.92. The predicted octanol–water partition coefficient (Wildman–Crippen LogP) is 13.0. The number of carbonyl (C=O) groups excluding carboxylic acids is 3. The van der Waals surface area contributed by atoms with Crippen LogP contribution < -0.4 is 37.9 Å². The summed E-state index contributed by atoms with van der Waals surface area (Å²) >= 11 is 5.95. The third-order valence-corrected chi connectivity index (χ3v) is 11.3. The molecule has 3 N–H and O–H groups in total. The van der Waals surface area contributed by atoms with Gasteiger partial charge >= 0.3 is 17.9 Å². The number of methoxy groups -OCH3 is 7. The summed E-state index contributed by atoms with van der Waals surface area (Å²) in [5.74, 6) is 1.24. The van der Waals surface area contributed by atoms with Crippen molar-refractivity contribution in [2.45, 2.75) is 104 Å². The van der Waals surface area contributed by atoms with Crippen LogP contribution in [0.1, 0.15) is 129 Å². The molecule has 0 saturated carbocycles. The Morgan fingerprint density at radius 1 is 0.500 bits per heavy atom. The molecule has 0 spiro atoms. The van der Waals surface area contributed by atoms with Crippen LogP contribution in [-0.4, -0.2) is 111 Å². The fourth-order valence-electron chi connectivity index (χ4n) is 7.11. The lowest BCUT2D eigenvalue weighted by Crippen LogP contribution is -2.24. The van der Waals surface area contributed by atoms with Gasteiger partial charge in [-0.2, -0.15) is 0 Å². The van der Waals surface area contributed by atoms with Crippen molar-refractivity contribution in [2.75, 3.05) is 49.8 Å². The zero-order valence-electron chi connectivity index (χ0n) is 49.5. The normalized spacial score (nSPS) is 11.7. The number of aliphatic hydroxyl groups is 1. The average Bonchev–Trinajstić information content (AvgIpc) is 3.51. The van der Waals surface area contributed by atoms with Crippen LogP contribution in [0.4, 0.5) is 4.39 Å². The number of aromatic hydroxyl groups is 1. The van der Waals surface area contributed by atoms with Crippen molar-refractivity contribution in [1.82, 2.24) is 4.98 Å². The Morgan fingerprint density at radius 3 is 1.30 bits per heavy atom. The highest BCUT2D eigenvalue weighted by Crippen LogP contribution is 2.37. The first-order chi connectivity index (χ1) is 38.2. The van der Waals surface area contributed by atoms with Crippen molar-refractivity contribution in [3.63, 3.8) is 0 Å². The van der Waals surface area contributed by atoms with Crippen LogP contribution in [0.2, 0.25) is 5.02 Å². The van der Waals surface area contributed by atoms with Crippen molar-refractivity contribution in [2.24, 2.45) is 0 Å². The Hall–Kier alpha value is -8.29. The number of hydrogen-bond acceptors (Lipinski definition) is 17. The number of benzene rings is 5. The summed E-state index contributed by atoms with van der Waals surface area (Å²) in [6, 6.07) is 26.3. The minimum absolute atomic E-state index is 0.00449. The number of aromatic carboxylic acids is 1. The molecule has 18 nitrogen and oxygen atoms in total. The van der Waals surface area contributed by atoms with E-state index in [1.165, 1.54) is 98.3 Å². The van der Waals surface area contributed by atoms with E-state index in [9.17, 15) is 33.8 Å². The molecule has 20 heteroatoms. The number of carboxylic acids is 1. The molecule has 6 aromatic rings. The number of nitrogens with zero attached hydrogens (tertiary/aromatic N) is 1. The third kappa shape index (κ3) is 21.0. The maximum absolute atomic E-state index is 13.7. The fraction of sp³-hybridized carbons (Fsp3) is 0.371. The van der Waals surface area contributed by atoms with Crippen molar-refractivity contribution >= 4 is 35.3 Å². The van der Waals surface area contributed by atoms with Gasteiger partial charge in [0.05, 0.1) is 77.2 Å². The van der Waals surface area contributed by atoms with Gasteiger partial charge in [0.25, 0.3) is 0 Å². The van der Waals surface area contributed by atoms with Crippen LogP contribution in [0.15, 0.2) is 103 Å². The van der Waals surface area contributed by atoms with Crippen LogP contribution in [0.5, 0.6) is 51.7 Å². The van der Waals surface area contributed by atoms with Gasteiger partial charge in [-0.1, -0.05) is 11.6 Å². The molecule has 1 unspecified atom stereocenters. The summed E-state index contributed by atoms with van der Waals surface area (Å²) in [7, 11) is 10.1. The van der Waals surface area contributed by atoms with E-state index in [0.29, 0.717) is 73.9 Å². The number of aromatic nitrogens is 1. The number of carboxylic acid groups (broad SMARTS) is 1. The second-order valence-corrected chi connectivity index (χ2v) is 21.4. The molecule has 6 rings (SSSR count). The molecular formula is C62H75ClFNO17. The molecule has 82 heavy (non-hydrogen) atoms. The Kier molecular flexibility index (Phi) is 24.8. The maximum Gasteiger partial charge on any atom is 0.337 e. The SMILES string of the molecule is COC(=O)c1ccc(O)c(OC)c1.COC(=O)c1ccc(OC(C)(C)C)c(OC)c1.COc1cc(C(=O)CCC(C)(O)c2ccc(OC)c(-c3ccc(F)c(Cl)c3)n2)ccc1OC(C)(C)C.COc1cc(C(=O)O)ccc1OC(C)(C)C. The fourth-order valence-corrected chi connectivity index (χ4v) is 7.29.